The second kappa shape index (κ2) is 7.04. The molecular weight excluding hydrogens is 334 g/mol. The van der Waals surface area contributed by atoms with E-state index in [1.807, 2.05) is 30.3 Å². The lowest BCUT2D eigenvalue weighted by Gasteiger charge is -2.10. The molecule has 2 aromatic carbocycles. The third-order valence-corrected chi connectivity index (χ3v) is 3.43. The molecule has 2 N–H and O–H groups in total. The number of carboxylic acids is 1. The maximum atomic E-state index is 11.0. The van der Waals surface area contributed by atoms with Crippen LogP contribution in [0.1, 0.15) is 23.6 Å². The van der Waals surface area contributed by atoms with Crippen molar-refractivity contribution in [2.75, 3.05) is 0 Å². The van der Waals surface area contributed by atoms with E-state index in [4.69, 9.17) is 5.11 Å². The van der Waals surface area contributed by atoms with Gasteiger partial charge in [-0.2, -0.15) is 0 Å². The Bertz CT molecular complexity index is 656. The molecule has 0 saturated carbocycles. The summed E-state index contributed by atoms with van der Waals surface area (Å²) in [5.74, 6) is -0.816. The van der Waals surface area contributed by atoms with Gasteiger partial charge in [0.2, 0.25) is 0 Å². The smallest absolute Gasteiger partial charge is 0.305 e. The van der Waals surface area contributed by atoms with Crippen molar-refractivity contribution in [1.29, 1.82) is 0 Å². The number of benzene rings is 2. The largest absolute Gasteiger partial charge is 0.507 e. The van der Waals surface area contributed by atoms with E-state index in [1.54, 1.807) is 18.2 Å². The Morgan fingerprint density at radius 2 is 1.95 bits per heavy atom. The highest BCUT2D eigenvalue weighted by atomic mass is 79.9. The molecule has 0 fully saturated rings. The van der Waals surface area contributed by atoms with E-state index in [2.05, 4.69) is 20.9 Å². The van der Waals surface area contributed by atoms with E-state index in [0.29, 0.717) is 5.56 Å². The molecule has 0 amide bonds. The predicted octanol–water partition coefficient (Wildman–Crippen LogP) is 3.79. The molecule has 0 spiro atoms. The normalized spacial score (nSPS) is 12.4. The van der Waals surface area contributed by atoms with Gasteiger partial charge < -0.3 is 10.2 Å². The van der Waals surface area contributed by atoms with E-state index in [9.17, 15) is 9.90 Å². The molecule has 1 atom stereocenters. The lowest BCUT2D eigenvalue weighted by molar-refractivity contribution is -0.137. The molecule has 5 heteroatoms. The van der Waals surface area contributed by atoms with Crippen LogP contribution in [0.25, 0.3) is 0 Å². The lowest BCUT2D eigenvalue weighted by atomic mass is 10.0. The van der Waals surface area contributed by atoms with Crippen molar-refractivity contribution in [2.24, 2.45) is 4.99 Å². The van der Waals surface area contributed by atoms with Crippen LogP contribution in [0.2, 0.25) is 0 Å². The molecule has 108 valence electrons. The van der Waals surface area contributed by atoms with Crippen LogP contribution < -0.4 is 0 Å². The van der Waals surface area contributed by atoms with Gasteiger partial charge in [-0.05, 0) is 23.8 Å². The van der Waals surface area contributed by atoms with Gasteiger partial charge in [-0.25, -0.2) is 0 Å². The Labute approximate surface area is 130 Å². The van der Waals surface area contributed by atoms with Crippen molar-refractivity contribution in [3.05, 3.63) is 64.1 Å². The molecule has 4 nitrogen and oxygen atoms in total. The number of aliphatic imine (C=N–C) groups is 1. The topological polar surface area (TPSA) is 69.9 Å². The Hall–Kier alpha value is -2.14. The van der Waals surface area contributed by atoms with Gasteiger partial charge in [-0.1, -0.05) is 46.3 Å². The molecule has 2 rings (SSSR count). The highest BCUT2D eigenvalue weighted by Gasteiger charge is 2.13. The summed E-state index contributed by atoms with van der Waals surface area (Å²) in [6.07, 6.45) is 1.40. The van der Waals surface area contributed by atoms with Crippen molar-refractivity contribution >= 4 is 28.1 Å². The van der Waals surface area contributed by atoms with Crippen LogP contribution in [0.3, 0.4) is 0 Å². The quantitative estimate of drug-likeness (QED) is 0.808. The number of hydrogen-bond donors (Lipinski definition) is 2. The number of carbonyl (C=O) groups is 1. The summed E-state index contributed by atoms with van der Waals surface area (Å²) < 4.78 is 0.816. The molecule has 0 aliphatic heterocycles. The van der Waals surface area contributed by atoms with Gasteiger partial charge in [0.25, 0.3) is 0 Å². The highest BCUT2D eigenvalue weighted by Crippen LogP contribution is 2.24. The van der Waals surface area contributed by atoms with Crippen LogP contribution in [0.15, 0.2) is 58.0 Å². The number of halogens is 1. The molecule has 0 aliphatic carbocycles. The monoisotopic (exact) mass is 347 g/mol. The van der Waals surface area contributed by atoms with Crippen LogP contribution in [0.5, 0.6) is 5.75 Å². The molecule has 0 aromatic heterocycles. The first kappa shape index (κ1) is 15.3. The third kappa shape index (κ3) is 4.43. The summed E-state index contributed by atoms with van der Waals surface area (Å²) in [6.45, 7) is 0. The van der Waals surface area contributed by atoms with E-state index in [0.717, 1.165) is 10.0 Å². The molecule has 0 radical (unpaired) electrons. The number of phenolic OH excluding ortho intramolecular Hbond substituents is 1. The Morgan fingerprint density at radius 1 is 1.24 bits per heavy atom. The van der Waals surface area contributed by atoms with Gasteiger partial charge in [-0.3, -0.25) is 9.79 Å². The second-order valence-electron chi connectivity index (χ2n) is 4.51. The zero-order chi connectivity index (χ0) is 15.2. The minimum Gasteiger partial charge on any atom is -0.507 e. The van der Waals surface area contributed by atoms with Crippen molar-refractivity contribution < 1.29 is 15.0 Å². The predicted molar refractivity (Wildman–Crippen MR) is 84.8 cm³/mol. The van der Waals surface area contributed by atoms with Crippen molar-refractivity contribution in [3.8, 4) is 5.75 Å². The standard InChI is InChI=1S/C16H14BrNO3/c17-13-6-7-15(19)12(8-13)10-18-14(9-16(20)21)11-4-2-1-3-5-11/h1-8,10,14,19H,9H2,(H,20,21). The second-order valence-corrected chi connectivity index (χ2v) is 5.42. The number of aromatic hydroxyl groups is 1. The number of aliphatic carboxylic acids is 1. The van der Waals surface area contributed by atoms with E-state index in [-0.39, 0.29) is 12.2 Å². The summed E-state index contributed by atoms with van der Waals surface area (Å²) in [5, 5.41) is 18.8. The molecule has 1 unspecified atom stereocenters. The lowest BCUT2D eigenvalue weighted by Crippen LogP contribution is -2.04. The number of hydrogen-bond acceptors (Lipinski definition) is 3. The third-order valence-electron chi connectivity index (χ3n) is 2.94. The van der Waals surface area contributed by atoms with Crippen LogP contribution in [-0.2, 0) is 4.79 Å². The van der Waals surface area contributed by atoms with E-state index < -0.39 is 12.0 Å². The first-order valence-electron chi connectivity index (χ1n) is 6.34. The average Bonchev–Trinajstić information content (AvgIpc) is 2.47. The average molecular weight is 348 g/mol. The number of phenols is 1. The fourth-order valence-corrected chi connectivity index (χ4v) is 2.28. The van der Waals surface area contributed by atoms with Crippen LogP contribution in [-0.4, -0.2) is 22.4 Å². The summed E-state index contributed by atoms with van der Waals surface area (Å²) >= 11 is 3.32. The molecule has 21 heavy (non-hydrogen) atoms. The summed E-state index contributed by atoms with van der Waals surface area (Å²) in [4.78, 5) is 15.3. The molecule has 0 saturated heterocycles. The number of rotatable bonds is 5. The maximum absolute atomic E-state index is 11.0. The van der Waals surface area contributed by atoms with Crippen molar-refractivity contribution in [2.45, 2.75) is 12.5 Å². The molecule has 0 bridgehead atoms. The Balaban J connectivity index is 2.28. The Kier molecular flexibility index (Phi) is 5.11. The molecule has 0 aliphatic rings. The number of nitrogens with zero attached hydrogens (tertiary/aromatic N) is 1. The van der Waals surface area contributed by atoms with Crippen LogP contribution in [0.4, 0.5) is 0 Å². The van der Waals surface area contributed by atoms with E-state index >= 15 is 0 Å². The first-order chi connectivity index (χ1) is 10.1. The maximum Gasteiger partial charge on any atom is 0.305 e. The van der Waals surface area contributed by atoms with Crippen LogP contribution in [0, 0.1) is 0 Å². The van der Waals surface area contributed by atoms with Crippen molar-refractivity contribution in [1.82, 2.24) is 0 Å². The van der Waals surface area contributed by atoms with Gasteiger partial charge in [-0.15, -0.1) is 0 Å². The minimum absolute atomic E-state index is 0.101. The zero-order valence-corrected chi connectivity index (χ0v) is 12.7. The van der Waals surface area contributed by atoms with Gasteiger partial charge >= 0.3 is 5.97 Å². The van der Waals surface area contributed by atoms with E-state index in [1.165, 1.54) is 6.21 Å². The van der Waals surface area contributed by atoms with Gasteiger partial charge in [0.05, 0.1) is 12.5 Å². The molecular formula is C16H14BrNO3. The van der Waals surface area contributed by atoms with Gasteiger partial charge in [0, 0.05) is 16.3 Å². The first-order valence-corrected chi connectivity index (χ1v) is 7.14. The minimum atomic E-state index is -0.917. The van der Waals surface area contributed by atoms with Crippen molar-refractivity contribution in [3.63, 3.8) is 0 Å². The Morgan fingerprint density at radius 3 is 2.62 bits per heavy atom. The van der Waals surface area contributed by atoms with Crippen LogP contribution >= 0.6 is 15.9 Å². The summed E-state index contributed by atoms with van der Waals surface area (Å²) in [7, 11) is 0. The fraction of sp³-hybridized carbons (Fsp3) is 0.125. The highest BCUT2D eigenvalue weighted by molar-refractivity contribution is 9.10. The SMILES string of the molecule is O=C(O)CC(N=Cc1cc(Br)ccc1O)c1ccccc1. The number of carboxylic acid groups (broad SMARTS) is 1. The molecule has 0 heterocycles. The zero-order valence-electron chi connectivity index (χ0n) is 11.1. The van der Waals surface area contributed by atoms with Gasteiger partial charge in [0.1, 0.15) is 5.75 Å². The molecule has 2 aromatic rings. The van der Waals surface area contributed by atoms with Gasteiger partial charge in [0.15, 0.2) is 0 Å². The summed E-state index contributed by atoms with van der Waals surface area (Å²) in [5.41, 5.74) is 1.36. The fourth-order valence-electron chi connectivity index (χ4n) is 1.90. The summed E-state index contributed by atoms with van der Waals surface area (Å²) in [6, 6.07) is 13.7.